The van der Waals surface area contributed by atoms with E-state index in [1.165, 1.54) is 23.5 Å². The molecule has 0 atom stereocenters. The Hall–Kier alpha value is -2.71. The van der Waals surface area contributed by atoms with Gasteiger partial charge in [-0.05, 0) is 49.7 Å². The first-order valence-electron chi connectivity index (χ1n) is 8.22. The fraction of sp³-hybridized carbons (Fsp3) is 0.158. The molecule has 1 aromatic heterocycles. The number of rotatable bonds is 6. The Bertz CT molecular complexity index is 1080. The van der Waals surface area contributed by atoms with Crippen LogP contribution in [0.5, 0.6) is 0 Å². The normalized spacial score (nSPS) is 11.2. The lowest BCUT2D eigenvalue weighted by Gasteiger charge is -2.10. The minimum Gasteiger partial charge on any atom is -0.346 e. The SMILES string of the molecule is Cc1cccc(NS(=O)(=O)c2cccc(C(=O)NCc3nc(C)cs3)c2)c1. The molecule has 0 aliphatic heterocycles. The van der Waals surface area contributed by atoms with E-state index in [0.29, 0.717) is 12.2 Å². The first kappa shape index (κ1) is 19.1. The van der Waals surface area contributed by atoms with Crippen LogP contribution in [0.15, 0.2) is 58.8 Å². The van der Waals surface area contributed by atoms with Crippen LogP contribution in [0.4, 0.5) is 5.69 Å². The fourth-order valence-electron chi connectivity index (χ4n) is 2.47. The molecule has 8 heteroatoms. The predicted octanol–water partition coefficient (Wildman–Crippen LogP) is 3.49. The van der Waals surface area contributed by atoms with Crippen LogP contribution in [0.3, 0.4) is 0 Å². The third kappa shape index (κ3) is 4.93. The zero-order valence-corrected chi connectivity index (χ0v) is 16.5. The third-order valence-corrected chi connectivity index (χ3v) is 6.09. The van der Waals surface area contributed by atoms with Crippen molar-refractivity contribution in [2.24, 2.45) is 0 Å². The van der Waals surface area contributed by atoms with E-state index >= 15 is 0 Å². The summed E-state index contributed by atoms with van der Waals surface area (Å²) in [7, 11) is -3.79. The van der Waals surface area contributed by atoms with Crippen molar-refractivity contribution in [3.8, 4) is 0 Å². The maximum Gasteiger partial charge on any atom is 0.261 e. The number of sulfonamides is 1. The molecule has 2 aromatic carbocycles. The van der Waals surface area contributed by atoms with Crippen molar-refractivity contribution in [3.63, 3.8) is 0 Å². The average Bonchev–Trinajstić information content (AvgIpc) is 3.05. The highest BCUT2D eigenvalue weighted by Crippen LogP contribution is 2.18. The van der Waals surface area contributed by atoms with E-state index < -0.39 is 10.0 Å². The molecule has 0 saturated heterocycles. The lowest BCUT2D eigenvalue weighted by atomic mass is 10.2. The molecule has 0 unspecified atom stereocenters. The van der Waals surface area contributed by atoms with Crippen molar-refractivity contribution < 1.29 is 13.2 Å². The number of amides is 1. The van der Waals surface area contributed by atoms with Crippen LogP contribution in [0.2, 0.25) is 0 Å². The van der Waals surface area contributed by atoms with Gasteiger partial charge in [0.15, 0.2) is 0 Å². The molecule has 140 valence electrons. The number of carbonyl (C=O) groups excluding carboxylic acids is 1. The average molecular weight is 402 g/mol. The van der Waals surface area contributed by atoms with Gasteiger partial charge in [0.25, 0.3) is 15.9 Å². The summed E-state index contributed by atoms with van der Waals surface area (Å²) in [5, 5.41) is 5.46. The lowest BCUT2D eigenvalue weighted by molar-refractivity contribution is 0.0950. The molecule has 0 aliphatic rings. The summed E-state index contributed by atoms with van der Waals surface area (Å²) in [6, 6.07) is 13.0. The Morgan fingerprint density at radius 3 is 2.59 bits per heavy atom. The summed E-state index contributed by atoms with van der Waals surface area (Å²) >= 11 is 1.46. The largest absolute Gasteiger partial charge is 0.346 e. The molecule has 0 bridgehead atoms. The number of anilines is 1. The Morgan fingerprint density at radius 2 is 1.89 bits per heavy atom. The van der Waals surface area contributed by atoms with E-state index in [1.54, 1.807) is 30.3 Å². The summed E-state index contributed by atoms with van der Waals surface area (Å²) in [6.45, 7) is 4.07. The van der Waals surface area contributed by atoms with Crippen LogP contribution >= 0.6 is 11.3 Å². The highest BCUT2D eigenvalue weighted by atomic mass is 32.2. The summed E-state index contributed by atoms with van der Waals surface area (Å²) in [5.41, 5.74) is 2.60. The Kier molecular flexibility index (Phi) is 5.57. The van der Waals surface area contributed by atoms with Crippen molar-refractivity contribution in [1.82, 2.24) is 10.3 Å². The van der Waals surface area contributed by atoms with Crippen LogP contribution < -0.4 is 10.0 Å². The van der Waals surface area contributed by atoms with E-state index in [9.17, 15) is 13.2 Å². The first-order valence-corrected chi connectivity index (χ1v) is 10.6. The number of nitrogens with zero attached hydrogens (tertiary/aromatic N) is 1. The third-order valence-electron chi connectivity index (χ3n) is 3.74. The molecule has 3 aromatic rings. The second-order valence-corrected chi connectivity index (χ2v) is 8.69. The predicted molar refractivity (Wildman–Crippen MR) is 106 cm³/mol. The van der Waals surface area contributed by atoms with Gasteiger partial charge in [-0.15, -0.1) is 11.3 Å². The molecule has 0 spiro atoms. The Balaban J connectivity index is 1.74. The second-order valence-electron chi connectivity index (χ2n) is 6.07. The van der Waals surface area contributed by atoms with Crippen LogP contribution in [0.25, 0.3) is 0 Å². The Labute approximate surface area is 162 Å². The zero-order chi connectivity index (χ0) is 19.4. The van der Waals surface area contributed by atoms with Gasteiger partial charge in [-0.1, -0.05) is 18.2 Å². The number of hydrogen-bond donors (Lipinski definition) is 2. The van der Waals surface area contributed by atoms with Gasteiger partial charge in [-0.25, -0.2) is 13.4 Å². The van der Waals surface area contributed by atoms with Crippen molar-refractivity contribution in [2.45, 2.75) is 25.3 Å². The topological polar surface area (TPSA) is 88.2 Å². The van der Waals surface area contributed by atoms with Crippen LogP contribution in [-0.2, 0) is 16.6 Å². The number of benzene rings is 2. The smallest absolute Gasteiger partial charge is 0.261 e. The summed E-state index contributed by atoms with van der Waals surface area (Å²) < 4.78 is 27.8. The van der Waals surface area contributed by atoms with Gasteiger partial charge in [0, 0.05) is 22.3 Å². The van der Waals surface area contributed by atoms with Gasteiger partial charge in [-0.2, -0.15) is 0 Å². The molecule has 3 rings (SSSR count). The molecule has 1 heterocycles. The van der Waals surface area contributed by atoms with Crippen LogP contribution in [0, 0.1) is 13.8 Å². The van der Waals surface area contributed by atoms with Gasteiger partial charge < -0.3 is 5.32 Å². The van der Waals surface area contributed by atoms with E-state index in [-0.39, 0.29) is 16.4 Å². The van der Waals surface area contributed by atoms with Gasteiger partial charge in [-0.3, -0.25) is 9.52 Å². The number of hydrogen-bond acceptors (Lipinski definition) is 5. The van der Waals surface area contributed by atoms with E-state index in [1.807, 2.05) is 25.3 Å². The summed E-state index contributed by atoms with van der Waals surface area (Å²) in [5.74, 6) is -0.351. The number of aryl methyl sites for hydroxylation is 2. The first-order chi connectivity index (χ1) is 12.8. The van der Waals surface area contributed by atoms with Crippen molar-refractivity contribution in [3.05, 3.63) is 75.7 Å². The molecule has 6 nitrogen and oxygen atoms in total. The summed E-state index contributed by atoms with van der Waals surface area (Å²) in [4.78, 5) is 16.7. The van der Waals surface area contributed by atoms with E-state index in [2.05, 4.69) is 15.0 Å². The number of nitrogens with one attached hydrogen (secondary N) is 2. The van der Waals surface area contributed by atoms with E-state index in [4.69, 9.17) is 0 Å². The minimum absolute atomic E-state index is 0.0294. The fourth-order valence-corrected chi connectivity index (χ4v) is 4.28. The number of aromatic nitrogens is 1. The van der Waals surface area contributed by atoms with Crippen LogP contribution in [0.1, 0.15) is 26.6 Å². The maximum absolute atomic E-state index is 12.6. The molecule has 27 heavy (non-hydrogen) atoms. The van der Waals surface area contributed by atoms with Gasteiger partial charge in [0.05, 0.1) is 11.4 Å². The lowest BCUT2D eigenvalue weighted by Crippen LogP contribution is -2.23. The molecule has 0 fully saturated rings. The number of carbonyl (C=O) groups is 1. The molecular weight excluding hydrogens is 382 g/mol. The van der Waals surface area contributed by atoms with Gasteiger partial charge in [0.2, 0.25) is 0 Å². The standard InChI is InChI=1S/C19H19N3O3S2/c1-13-5-3-7-16(9-13)22-27(24,25)17-8-4-6-15(10-17)19(23)20-11-18-21-14(2)12-26-18/h3-10,12,22H,11H2,1-2H3,(H,20,23). The second kappa shape index (κ2) is 7.89. The Morgan fingerprint density at radius 1 is 1.11 bits per heavy atom. The maximum atomic E-state index is 12.6. The molecule has 0 aliphatic carbocycles. The zero-order valence-electron chi connectivity index (χ0n) is 14.9. The van der Waals surface area contributed by atoms with Crippen molar-refractivity contribution in [2.75, 3.05) is 4.72 Å². The van der Waals surface area contributed by atoms with Crippen molar-refractivity contribution in [1.29, 1.82) is 0 Å². The van der Waals surface area contributed by atoms with Gasteiger partial charge in [0.1, 0.15) is 5.01 Å². The summed E-state index contributed by atoms with van der Waals surface area (Å²) in [6.07, 6.45) is 0. The number of thiazole rings is 1. The monoisotopic (exact) mass is 401 g/mol. The molecule has 1 amide bonds. The molecule has 0 radical (unpaired) electrons. The van der Waals surface area contributed by atoms with Crippen molar-refractivity contribution >= 4 is 33.0 Å². The molecule has 2 N–H and O–H groups in total. The minimum atomic E-state index is -3.79. The molecular formula is C19H19N3O3S2. The quantitative estimate of drug-likeness (QED) is 0.662. The van der Waals surface area contributed by atoms with Gasteiger partial charge >= 0.3 is 0 Å². The highest BCUT2D eigenvalue weighted by Gasteiger charge is 2.17. The van der Waals surface area contributed by atoms with Crippen LogP contribution in [-0.4, -0.2) is 19.3 Å². The molecule has 0 saturated carbocycles. The highest BCUT2D eigenvalue weighted by molar-refractivity contribution is 7.92. The van der Waals surface area contributed by atoms with E-state index in [0.717, 1.165) is 16.3 Å².